The van der Waals surface area contributed by atoms with E-state index in [1.807, 2.05) is 0 Å². The summed E-state index contributed by atoms with van der Waals surface area (Å²) in [6.45, 7) is 7.49. The lowest BCUT2D eigenvalue weighted by molar-refractivity contribution is 0.0305. The van der Waals surface area contributed by atoms with Gasteiger partial charge in [-0.3, -0.25) is 0 Å². The van der Waals surface area contributed by atoms with E-state index in [0.717, 1.165) is 39.3 Å². The van der Waals surface area contributed by atoms with Crippen molar-refractivity contribution in [3.63, 3.8) is 0 Å². The minimum absolute atomic E-state index is 0.304. The highest BCUT2D eigenvalue weighted by atomic mass is 16.5. The van der Waals surface area contributed by atoms with Gasteiger partial charge < -0.3 is 19.5 Å². The number of nitrogens with one attached hydrogen (secondary N) is 1. The Morgan fingerprint density at radius 2 is 2.19 bits per heavy atom. The van der Waals surface area contributed by atoms with Gasteiger partial charge in [-0.15, -0.1) is 0 Å². The lowest BCUT2D eigenvalue weighted by atomic mass is 10.2. The second-order valence-electron chi connectivity index (χ2n) is 4.57. The van der Waals surface area contributed by atoms with Crippen molar-refractivity contribution in [3.05, 3.63) is 0 Å². The molecule has 1 aliphatic heterocycles. The van der Waals surface area contributed by atoms with Gasteiger partial charge >= 0.3 is 0 Å². The molecule has 96 valence electrons. The fourth-order valence-corrected chi connectivity index (χ4v) is 1.84. The molecule has 0 bridgehead atoms. The zero-order valence-corrected chi connectivity index (χ0v) is 10.7. The summed E-state index contributed by atoms with van der Waals surface area (Å²) in [6, 6.07) is 0.853. The highest BCUT2D eigenvalue weighted by molar-refractivity contribution is 4.69. The lowest BCUT2D eigenvalue weighted by Gasteiger charge is -2.21. The average molecular weight is 231 g/mol. The normalized spacial score (nSPS) is 24.6. The number of rotatable bonds is 8. The summed E-state index contributed by atoms with van der Waals surface area (Å²) in [5, 5.41) is 3.49. The smallest absolute Gasteiger partial charge is 0.0831 e. The first kappa shape index (κ1) is 13.9. The summed E-state index contributed by atoms with van der Waals surface area (Å²) < 4.78 is 16.1. The molecule has 3 unspecified atom stereocenters. The van der Waals surface area contributed by atoms with Crippen LogP contribution in [0, 0.1) is 0 Å². The molecule has 0 aliphatic carbocycles. The van der Waals surface area contributed by atoms with Crippen molar-refractivity contribution in [1.82, 2.24) is 5.32 Å². The quantitative estimate of drug-likeness (QED) is 0.681. The molecule has 0 aromatic heterocycles. The van der Waals surface area contributed by atoms with Crippen LogP contribution in [-0.2, 0) is 14.2 Å². The molecule has 16 heavy (non-hydrogen) atoms. The van der Waals surface area contributed by atoms with E-state index in [-0.39, 0.29) is 0 Å². The fraction of sp³-hybridized carbons (Fsp3) is 1.00. The van der Waals surface area contributed by atoms with Crippen molar-refractivity contribution >= 4 is 0 Å². The molecular formula is C12H25NO3. The van der Waals surface area contributed by atoms with E-state index in [4.69, 9.17) is 14.2 Å². The minimum atomic E-state index is 0.304. The molecule has 1 N–H and O–H groups in total. The Morgan fingerprint density at radius 3 is 2.81 bits per heavy atom. The summed E-state index contributed by atoms with van der Waals surface area (Å²) in [7, 11) is 1.74. The first-order valence-corrected chi connectivity index (χ1v) is 6.16. The van der Waals surface area contributed by atoms with Crippen molar-refractivity contribution in [2.45, 2.75) is 44.9 Å². The molecule has 1 rings (SSSR count). The topological polar surface area (TPSA) is 39.7 Å². The minimum Gasteiger partial charge on any atom is -0.385 e. The van der Waals surface area contributed by atoms with Crippen LogP contribution in [0.25, 0.3) is 0 Å². The Labute approximate surface area is 98.6 Å². The maximum atomic E-state index is 5.75. The molecule has 0 aromatic carbocycles. The number of hydrogen-bond acceptors (Lipinski definition) is 4. The van der Waals surface area contributed by atoms with Gasteiger partial charge in [0.1, 0.15) is 0 Å². The van der Waals surface area contributed by atoms with Gasteiger partial charge in [-0.25, -0.2) is 0 Å². The van der Waals surface area contributed by atoms with Gasteiger partial charge in [0.25, 0.3) is 0 Å². The number of methoxy groups -OCH3 is 1. The predicted octanol–water partition coefficient (Wildman–Crippen LogP) is 1.19. The number of hydrogen-bond donors (Lipinski definition) is 1. The molecule has 0 aromatic rings. The van der Waals surface area contributed by atoms with Crippen molar-refractivity contribution < 1.29 is 14.2 Å². The molecular weight excluding hydrogens is 206 g/mol. The van der Waals surface area contributed by atoms with Crippen LogP contribution in [0.5, 0.6) is 0 Å². The molecule has 1 fully saturated rings. The van der Waals surface area contributed by atoms with Crippen LogP contribution < -0.4 is 5.32 Å². The van der Waals surface area contributed by atoms with E-state index < -0.39 is 0 Å². The van der Waals surface area contributed by atoms with Crippen molar-refractivity contribution in [2.75, 3.05) is 33.5 Å². The van der Waals surface area contributed by atoms with Crippen LogP contribution in [0.3, 0.4) is 0 Å². The van der Waals surface area contributed by atoms with Gasteiger partial charge in [-0.1, -0.05) is 0 Å². The van der Waals surface area contributed by atoms with Crippen molar-refractivity contribution in [1.29, 1.82) is 0 Å². The molecule has 1 aliphatic rings. The second-order valence-corrected chi connectivity index (χ2v) is 4.57. The van der Waals surface area contributed by atoms with Crippen LogP contribution in [0.15, 0.2) is 0 Å². The number of ether oxygens (including phenoxy) is 3. The summed E-state index contributed by atoms with van der Waals surface area (Å²) in [4.78, 5) is 0. The van der Waals surface area contributed by atoms with Crippen LogP contribution >= 0.6 is 0 Å². The highest BCUT2D eigenvalue weighted by Crippen LogP contribution is 2.08. The van der Waals surface area contributed by atoms with Gasteiger partial charge in [0, 0.05) is 32.4 Å². The summed E-state index contributed by atoms with van der Waals surface area (Å²) >= 11 is 0. The van der Waals surface area contributed by atoms with Gasteiger partial charge in [-0.05, 0) is 26.7 Å². The summed E-state index contributed by atoms with van der Waals surface area (Å²) in [5.74, 6) is 0. The Kier molecular flexibility index (Phi) is 6.96. The monoisotopic (exact) mass is 231 g/mol. The Balaban J connectivity index is 2.02. The standard InChI is InChI=1S/C12H25NO3/c1-10(4-6-14-3)13-11(2)8-16-12-5-7-15-9-12/h10-13H,4-9H2,1-3H3. The lowest BCUT2D eigenvalue weighted by Crippen LogP contribution is -2.39. The maximum Gasteiger partial charge on any atom is 0.0831 e. The van der Waals surface area contributed by atoms with Gasteiger partial charge in [-0.2, -0.15) is 0 Å². The van der Waals surface area contributed by atoms with E-state index in [2.05, 4.69) is 19.2 Å². The van der Waals surface area contributed by atoms with Crippen LogP contribution in [0.2, 0.25) is 0 Å². The third-order valence-electron chi connectivity index (χ3n) is 2.79. The molecule has 4 heteroatoms. The van der Waals surface area contributed by atoms with Gasteiger partial charge in [0.2, 0.25) is 0 Å². The molecule has 0 radical (unpaired) electrons. The Bertz CT molecular complexity index is 172. The zero-order chi connectivity index (χ0) is 11.8. The largest absolute Gasteiger partial charge is 0.385 e. The summed E-state index contributed by atoms with van der Waals surface area (Å²) in [6.07, 6.45) is 2.37. The molecule has 0 saturated carbocycles. The van der Waals surface area contributed by atoms with E-state index in [1.165, 1.54) is 0 Å². The zero-order valence-electron chi connectivity index (χ0n) is 10.7. The van der Waals surface area contributed by atoms with E-state index >= 15 is 0 Å². The predicted molar refractivity (Wildman–Crippen MR) is 63.7 cm³/mol. The third kappa shape index (κ3) is 5.80. The Hall–Kier alpha value is -0.160. The first-order chi connectivity index (χ1) is 7.72. The molecule has 0 spiro atoms. The molecule has 1 heterocycles. The van der Waals surface area contributed by atoms with E-state index in [0.29, 0.717) is 18.2 Å². The van der Waals surface area contributed by atoms with E-state index in [9.17, 15) is 0 Å². The maximum absolute atomic E-state index is 5.75. The van der Waals surface area contributed by atoms with Crippen molar-refractivity contribution in [2.24, 2.45) is 0 Å². The Morgan fingerprint density at radius 1 is 1.38 bits per heavy atom. The van der Waals surface area contributed by atoms with Gasteiger partial charge in [0.15, 0.2) is 0 Å². The SMILES string of the molecule is COCCC(C)NC(C)COC1CCOC1. The highest BCUT2D eigenvalue weighted by Gasteiger charge is 2.17. The van der Waals surface area contributed by atoms with Crippen LogP contribution in [0.4, 0.5) is 0 Å². The molecule has 1 saturated heterocycles. The van der Waals surface area contributed by atoms with Gasteiger partial charge in [0.05, 0.1) is 19.3 Å². The first-order valence-electron chi connectivity index (χ1n) is 6.16. The summed E-state index contributed by atoms with van der Waals surface area (Å²) in [5.41, 5.74) is 0. The fourth-order valence-electron chi connectivity index (χ4n) is 1.84. The third-order valence-corrected chi connectivity index (χ3v) is 2.79. The van der Waals surface area contributed by atoms with E-state index in [1.54, 1.807) is 7.11 Å². The second kappa shape index (κ2) is 8.01. The molecule has 0 amide bonds. The van der Waals surface area contributed by atoms with Crippen molar-refractivity contribution in [3.8, 4) is 0 Å². The average Bonchev–Trinajstić information content (AvgIpc) is 2.76. The van der Waals surface area contributed by atoms with Crippen LogP contribution in [-0.4, -0.2) is 51.7 Å². The molecule has 4 nitrogen and oxygen atoms in total. The van der Waals surface area contributed by atoms with Crippen LogP contribution in [0.1, 0.15) is 26.7 Å². The molecule has 3 atom stereocenters.